The summed E-state index contributed by atoms with van der Waals surface area (Å²) < 4.78 is 0. The summed E-state index contributed by atoms with van der Waals surface area (Å²) in [5, 5.41) is 12.0. The van der Waals surface area contributed by atoms with Crippen LogP contribution in [0.1, 0.15) is 33.7 Å². The molecule has 4 nitrogen and oxygen atoms in total. The van der Waals surface area contributed by atoms with E-state index >= 15 is 0 Å². The predicted molar refractivity (Wildman–Crippen MR) is 94.1 cm³/mol. The highest BCUT2D eigenvalue weighted by Gasteiger charge is 2.11. The third-order valence-corrected chi connectivity index (χ3v) is 4.69. The third-order valence-electron chi connectivity index (χ3n) is 3.49. The van der Waals surface area contributed by atoms with Gasteiger partial charge in [0.05, 0.1) is 11.3 Å². The van der Waals surface area contributed by atoms with E-state index in [2.05, 4.69) is 12.2 Å². The number of benzene rings is 2. The molecule has 1 atom stereocenters. The monoisotopic (exact) mass is 329 g/mol. The number of hydrogen-bond donors (Lipinski definition) is 2. The number of anilines is 1. The number of aryl methyl sites for hydroxylation is 1. The quantitative estimate of drug-likeness (QED) is 0.836. The molecule has 1 amide bonds. The Hall–Kier alpha value is -2.27. The van der Waals surface area contributed by atoms with Gasteiger partial charge in [0.1, 0.15) is 0 Å². The van der Waals surface area contributed by atoms with E-state index in [0.717, 1.165) is 5.56 Å². The van der Waals surface area contributed by atoms with Gasteiger partial charge >= 0.3 is 5.97 Å². The number of carboxylic acids is 1. The molecule has 23 heavy (non-hydrogen) atoms. The second-order valence-corrected chi connectivity index (χ2v) is 6.58. The Morgan fingerprint density at radius 3 is 2.52 bits per heavy atom. The summed E-state index contributed by atoms with van der Waals surface area (Å²) in [6, 6.07) is 14.7. The third kappa shape index (κ3) is 4.86. The maximum Gasteiger partial charge on any atom is 0.335 e. The van der Waals surface area contributed by atoms with Gasteiger partial charge in [-0.2, -0.15) is 0 Å². The zero-order valence-electron chi connectivity index (χ0n) is 13.1. The number of hydrogen-bond acceptors (Lipinski definition) is 3. The van der Waals surface area contributed by atoms with E-state index in [1.165, 1.54) is 17.7 Å². The Morgan fingerprint density at radius 2 is 1.87 bits per heavy atom. The first kappa shape index (κ1) is 17.1. The summed E-state index contributed by atoms with van der Waals surface area (Å²) in [4.78, 5) is 23.1. The first-order valence-corrected chi connectivity index (χ1v) is 8.32. The van der Waals surface area contributed by atoms with E-state index in [4.69, 9.17) is 5.11 Å². The predicted octanol–water partition coefficient (Wildman–Crippen LogP) is 4.13. The molecular formula is C18H19NO3S. The normalized spacial score (nSPS) is 11.7. The molecule has 0 radical (unpaired) electrons. The van der Waals surface area contributed by atoms with Crippen LogP contribution in [0.3, 0.4) is 0 Å². The van der Waals surface area contributed by atoms with Gasteiger partial charge in [0, 0.05) is 10.9 Å². The highest BCUT2D eigenvalue weighted by Crippen LogP contribution is 2.28. The molecule has 5 heteroatoms. The standard InChI is InChI=1S/C18H19NO3S/c1-12-8-9-15(18(21)22)10-16(12)19-17(20)11-23-13(2)14-6-4-3-5-7-14/h3-10,13H,11H2,1-2H3,(H,19,20)(H,21,22). The van der Waals surface area contributed by atoms with Gasteiger partial charge in [-0.25, -0.2) is 4.79 Å². The van der Waals surface area contributed by atoms with Gasteiger partial charge in [-0.1, -0.05) is 36.4 Å². The molecule has 0 spiro atoms. The topological polar surface area (TPSA) is 66.4 Å². The first-order chi connectivity index (χ1) is 11.0. The van der Waals surface area contributed by atoms with Crippen LogP contribution in [0.15, 0.2) is 48.5 Å². The number of carboxylic acid groups (broad SMARTS) is 1. The number of amides is 1. The number of thioether (sulfide) groups is 1. The fraction of sp³-hybridized carbons (Fsp3) is 0.222. The van der Waals surface area contributed by atoms with Crippen LogP contribution < -0.4 is 5.32 Å². The second-order valence-electron chi connectivity index (χ2n) is 5.25. The summed E-state index contributed by atoms with van der Waals surface area (Å²) in [5.41, 5.74) is 2.72. The lowest BCUT2D eigenvalue weighted by atomic mass is 10.1. The molecule has 0 aliphatic heterocycles. The molecule has 2 aromatic carbocycles. The summed E-state index contributed by atoms with van der Waals surface area (Å²) in [5.74, 6) is -0.830. The lowest BCUT2D eigenvalue weighted by Crippen LogP contribution is -2.16. The molecule has 2 N–H and O–H groups in total. The van der Waals surface area contributed by atoms with Crippen LogP contribution in [0, 0.1) is 6.92 Å². The van der Waals surface area contributed by atoms with Crippen molar-refractivity contribution in [1.82, 2.24) is 0 Å². The van der Waals surface area contributed by atoms with Crippen molar-refractivity contribution in [2.24, 2.45) is 0 Å². The van der Waals surface area contributed by atoms with E-state index in [-0.39, 0.29) is 16.7 Å². The van der Waals surface area contributed by atoms with Gasteiger partial charge in [0.2, 0.25) is 5.91 Å². The van der Waals surface area contributed by atoms with Crippen molar-refractivity contribution in [1.29, 1.82) is 0 Å². The highest BCUT2D eigenvalue weighted by molar-refractivity contribution is 8.00. The average Bonchev–Trinajstić information content (AvgIpc) is 2.55. The molecule has 0 fully saturated rings. The smallest absolute Gasteiger partial charge is 0.335 e. The molecule has 0 saturated heterocycles. The summed E-state index contributed by atoms with van der Waals surface area (Å²) in [6.07, 6.45) is 0. The van der Waals surface area contributed by atoms with Crippen LogP contribution >= 0.6 is 11.8 Å². The van der Waals surface area contributed by atoms with E-state index in [0.29, 0.717) is 11.4 Å². The van der Waals surface area contributed by atoms with Crippen molar-refractivity contribution in [2.75, 3.05) is 11.1 Å². The highest BCUT2D eigenvalue weighted by atomic mass is 32.2. The van der Waals surface area contributed by atoms with Gasteiger partial charge in [0.25, 0.3) is 0 Å². The molecule has 0 aromatic heterocycles. The van der Waals surface area contributed by atoms with E-state index < -0.39 is 5.97 Å². The van der Waals surface area contributed by atoms with Crippen molar-refractivity contribution in [2.45, 2.75) is 19.1 Å². The lowest BCUT2D eigenvalue weighted by Gasteiger charge is -2.13. The minimum absolute atomic E-state index is 0.136. The maximum atomic E-state index is 12.1. The SMILES string of the molecule is Cc1ccc(C(=O)O)cc1NC(=O)CSC(C)c1ccccc1. The molecule has 2 rings (SSSR count). The number of rotatable bonds is 6. The van der Waals surface area contributed by atoms with Crippen LogP contribution in [0.25, 0.3) is 0 Å². The van der Waals surface area contributed by atoms with Gasteiger partial charge in [-0.15, -0.1) is 11.8 Å². The van der Waals surface area contributed by atoms with Crippen LogP contribution in [-0.4, -0.2) is 22.7 Å². The van der Waals surface area contributed by atoms with Gasteiger partial charge < -0.3 is 10.4 Å². The van der Waals surface area contributed by atoms with Crippen LogP contribution in [-0.2, 0) is 4.79 Å². The van der Waals surface area contributed by atoms with Crippen molar-refractivity contribution >= 4 is 29.3 Å². The Balaban J connectivity index is 1.95. The number of carbonyl (C=O) groups excluding carboxylic acids is 1. The minimum atomic E-state index is -1.01. The molecule has 2 aromatic rings. The Labute approximate surface area is 139 Å². The number of nitrogens with one attached hydrogen (secondary N) is 1. The van der Waals surface area contributed by atoms with Crippen LogP contribution in [0.2, 0.25) is 0 Å². The average molecular weight is 329 g/mol. The Bertz CT molecular complexity index is 701. The fourth-order valence-corrected chi connectivity index (χ4v) is 2.92. The molecule has 0 aliphatic rings. The lowest BCUT2D eigenvalue weighted by molar-refractivity contribution is -0.113. The van der Waals surface area contributed by atoms with Crippen molar-refractivity contribution in [3.63, 3.8) is 0 Å². The van der Waals surface area contributed by atoms with Gasteiger partial charge in [-0.3, -0.25) is 4.79 Å². The molecular weight excluding hydrogens is 310 g/mol. The summed E-state index contributed by atoms with van der Waals surface area (Å²) in [6.45, 7) is 3.89. The van der Waals surface area contributed by atoms with Gasteiger partial charge in [-0.05, 0) is 37.1 Å². The minimum Gasteiger partial charge on any atom is -0.478 e. The second kappa shape index (κ2) is 7.83. The maximum absolute atomic E-state index is 12.1. The zero-order valence-corrected chi connectivity index (χ0v) is 13.9. The summed E-state index contributed by atoms with van der Waals surface area (Å²) in [7, 11) is 0. The fourth-order valence-electron chi connectivity index (χ4n) is 2.10. The van der Waals surface area contributed by atoms with E-state index in [1.54, 1.807) is 17.8 Å². The van der Waals surface area contributed by atoms with Gasteiger partial charge in [0.15, 0.2) is 0 Å². The van der Waals surface area contributed by atoms with Crippen LogP contribution in [0.4, 0.5) is 5.69 Å². The van der Waals surface area contributed by atoms with Crippen LogP contribution in [0.5, 0.6) is 0 Å². The molecule has 0 heterocycles. The van der Waals surface area contributed by atoms with Crippen molar-refractivity contribution in [3.05, 3.63) is 65.2 Å². The van der Waals surface area contributed by atoms with E-state index in [1.807, 2.05) is 37.3 Å². The number of aromatic carboxylic acids is 1. The molecule has 120 valence electrons. The van der Waals surface area contributed by atoms with Crippen molar-refractivity contribution in [3.8, 4) is 0 Å². The van der Waals surface area contributed by atoms with Crippen molar-refractivity contribution < 1.29 is 14.7 Å². The molecule has 0 saturated carbocycles. The Kier molecular flexibility index (Phi) is 5.82. The number of carbonyl (C=O) groups is 2. The molecule has 0 bridgehead atoms. The first-order valence-electron chi connectivity index (χ1n) is 7.27. The van der Waals surface area contributed by atoms with E-state index in [9.17, 15) is 9.59 Å². The summed E-state index contributed by atoms with van der Waals surface area (Å²) >= 11 is 1.54. The Morgan fingerprint density at radius 1 is 1.17 bits per heavy atom. The molecule has 0 aliphatic carbocycles. The largest absolute Gasteiger partial charge is 0.478 e. The molecule has 1 unspecified atom stereocenters. The zero-order chi connectivity index (χ0) is 16.8.